The van der Waals surface area contributed by atoms with Crippen LogP contribution in [0, 0.1) is 5.92 Å². The van der Waals surface area contributed by atoms with E-state index in [-0.39, 0.29) is 0 Å². The largest absolute Gasteiger partial charge is 0.0808 e. The maximum absolute atomic E-state index is 2.36. The minimum absolute atomic E-state index is 0.697. The Bertz CT molecular complexity index is 410. The third kappa shape index (κ3) is 2.63. The highest BCUT2D eigenvalue weighted by Gasteiger charge is 2.05. The van der Waals surface area contributed by atoms with Gasteiger partial charge in [0.15, 0.2) is 0 Å². The lowest BCUT2D eigenvalue weighted by Gasteiger charge is -2.12. The number of aryl methyl sites for hydroxylation is 1. The summed E-state index contributed by atoms with van der Waals surface area (Å²) in [5.74, 6) is 0.697. The first kappa shape index (κ1) is 11.2. The van der Waals surface area contributed by atoms with Crippen molar-refractivity contribution in [2.75, 3.05) is 0 Å². The molecule has 0 heterocycles. The molecule has 1 aliphatic rings. The van der Waals surface area contributed by atoms with E-state index < -0.39 is 0 Å². The number of rotatable bonds is 3. The average Bonchev–Trinajstić information content (AvgIpc) is 2.31. The maximum Gasteiger partial charge on any atom is -0.0185 e. The predicted molar refractivity (Wildman–Crippen MR) is 71.3 cm³/mol. The van der Waals surface area contributed by atoms with E-state index in [1.54, 1.807) is 0 Å². The van der Waals surface area contributed by atoms with E-state index >= 15 is 0 Å². The van der Waals surface area contributed by atoms with Crippen LogP contribution in [0.1, 0.15) is 37.8 Å². The third-order valence-corrected chi connectivity index (χ3v) is 3.11. The molecule has 0 aliphatic heterocycles. The van der Waals surface area contributed by atoms with Crippen molar-refractivity contribution in [1.82, 2.24) is 0 Å². The summed E-state index contributed by atoms with van der Waals surface area (Å²) in [6.07, 6.45) is 10.5. The van der Waals surface area contributed by atoms with Crippen LogP contribution in [0.25, 0.3) is 5.57 Å². The third-order valence-electron chi connectivity index (χ3n) is 3.11. The zero-order chi connectivity index (χ0) is 11.4. The maximum atomic E-state index is 2.36. The van der Waals surface area contributed by atoms with Gasteiger partial charge in [-0.25, -0.2) is 0 Å². The molecule has 1 atom stereocenters. The fourth-order valence-corrected chi connectivity index (χ4v) is 2.14. The summed E-state index contributed by atoms with van der Waals surface area (Å²) in [5.41, 5.74) is 4.21. The molecule has 1 aliphatic carbocycles. The van der Waals surface area contributed by atoms with Gasteiger partial charge in [-0.15, -0.1) is 0 Å². The van der Waals surface area contributed by atoms with Crippen LogP contribution in [0.3, 0.4) is 0 Å². The standard InChI is InChI=1S/C16H20/c1-3-5-14-6-4-7-16(12-14)15-10-8-13(2)9-11-15/h4,6-8,10-13H,3,5,9H2,1-2H3. The van der Waals surface area contributed by atoms with Crippen LogP contribution in [0.2, 0.25) is 0 Å². The smallest absolute Gasteiger partial charge is 0.0185 e. The van der Waals surface area contributed by atoms with Crippen LogP contribution < -0.4 is 0 Å². The lowest BCUT2D eigenvalue weighted by molar-refractivity contribution is 0.739. The van der Waals surface area contributed by atoms with Crippen LogP contribution in [-0.2, 0) is 6.42 Å². The van der Waals surface area contributed by atoms with Gasteiger partial charge in [0.2, 0.25) is 0 Å². The molecule has 0 N–H and O–H groups in total. The van der Waals surface area contributed by atoms with E-state index in [4.69, 9.17) is 0 Å². The first-order valence-corrected chi connectivity index (χ1v) is 6.27. The van der Waals surface area contributed by atoms with Gasteiger partial charge in [0, 0.05) is 0 Å². The first-order valence-electron chi connectivity index (χ1n) is 6.27. The average molecular weight is 212 g/mol. The molecule has 1 unspecified atom stereocenters. The summed E-state index contributed by atoms with van der Waals surface area (Å²) in [6.45, 7) is 4.49. The lowest BCUT2D eigenvalue weighted by atomic mass is 9.93. The Hall–Kier alpha value is -1.30. The van der Waals surface area contributed by atoms with Crippen molar-refractivity contribution < 1.29 is 0 Å². The summed E-state index contributed by atoms with van der Waals surface area (Å²) in [6, 6.07) is 8.94. The normalized spacial score (nSPS) is 19.6. The number of allylic oxidation sites excluding steroid dienone is 4. The van der Waals surface area contributed by atoms with E-state index in [9.17, 15) is 0 Å². The summed E-state index contributed by atoms with van der Waals surface area (Å²) < 4.78 is 0. The van der Waals surface area contributed by atoms with Gasteiger partial charge in [0.05, 0.1) is 0 Å². The van der Waals surface area contributed by atoms with Crippen LogP contribution in [0.5, 0.6) is 0 Å². The summed E-state index contributed by atoms with van der Waals surface area (Å²) in [4.78, 5) is 0. The van der Waals surface area contributed by atoms with Gasteiger partial charge in [-0.3, -0.25) is 0 Å². The Morgan fingerprint density at radius 3 is 2.88 bits per heavy atom. The second kappa shape index (κ2) is 5.16. The molecule has 0 heteroatoms. The molecule has 0 saturated carbocycles. The molecule has 0 aromatic heterocycles. The predicted octanol–water partition coefficient (Wildman–Crippen LogP) is 4.62. The monoisotopic (exact) mass is 212 g/mol. The van der Waals surface area contributed by atoms with Gasteiger partial charge in [0.1, 0.15) is 0 Å². The quantitative estimate of drug-likeness (QED) is 0.686. The van der Waals surface area contributed by atoms with E-state index in [0.29, 0.717) is 5.92 Å². The second-order valence-electron chi connectivity index (χ2n) is 4.68. The van der Waals surface area contributed by atoms with Crippen molar-refractivity contribution in [1.29, 1.82) is 0 Å². The molecule has 0 radical (unpaired) electrons. The molecule has 84 valence electrons. The SMILES string of the molecule is CCCc1cccc(C2=CCC(C)C=C2)c1. The first-order chi connectivity index (χ1) is 7.79. The van der Waals surface area contributed by atoms with Crippen LogP contribution in [0.15, 0.2) is 42.5 Å². The molecule has 0 saturated heterocycles. The highest BCUT2D eigenvalue weighted by Crippen LogP contribution is 2.24. The Labute approximate surface area is 98.7 Å². The Morgan fingerprint density at radius 1 is 1.31 bits per heavy atom. The van der Waals surface area contributed by atoms with E-state index in [1.165, 1.54) is 36.0 Å². The van der Waals surface area contributed by atoms with E-state index in [1.807, 2.05) is 0 Å². The van der Waals surface area contributed by atoms with Crippen molar-refractivity contribution in [3.05, 3.63) is 53.6 Å². The van der Waals surface area contributed by atoms with Crippen LogP contribution in [0.4, 0.5) is 0 Å². The fraction of sp³-hybridized carbons (Fsp3) is 0.375. The molecule has 0 bridgehead atoms. The van der Waals surface area contributed by atoms with Gasteiger partial charge >= 0.3 is 0 Å². The lowest BCUT2D eigenvalue weighted by Crippen LogP contribution is -1.95. The van der Waals surface area contributed by atoms with Gasteiger partial charge < -0.3 is 0 Å². The molecule has 1 aromatic carbocycles. The van der Waals surface area contributed by atoms with Gasteiger partial charge in [-0.2, -0.15) is 0 Å². The van der Waals surface area contributed by atoms with Crippen molar-refractivity contribution in [3.63, 3.8) is 0 Å². The topological polar surface area (TPSA) is 0 Å². The molecule has 16 heavy (non-hydrogen) atoms. The zero-order valence-electron chi connectivity index (χ0n) is 10.2. The van der Waals surface area contributed by atoms with Crippen molar-refractivity contribution in [3.8, 4) is 0 Å². The molecule has 1 aromatic rings. The van der Waals surface area contributed by atoms with Gasteiger partial charge in [0.25, 0.3) is 0 Å². The van der Waals surface area contributed by atoms with Crippen LogP contribution >= 0.6 is 0 Å². The number of hydrogen-bond acceptors (Lipinski definition) is 0. The van der Waals surface area contributed by atoms with Crippen molar-refractivity contribution in [2.45, 2.75) is 33.1 Å². The second-order valence-corrected chi connectivity index (χ2v) is 4.68. The highest BCUT2D eigenvalue weighted by atomic mass is 14.1. The zero-order valence-corrected chi connectivity index (χ0v) is 10.2. The minimum atomic E-state index is 0.697. The molecular formula is C16H20. The molecule has 0 amide bonds. The van der Waals surface area contributed by atoms with E-state index in [2.05, 4.69) is 56.3 Å². The molecule has 0 fully saturated rings. The number of hydrogen-bond donors (Lipinski definition) is 0. The Balaban J connectivity index is 2.21. The highest BCUT2D eigenvalue weighted by molar-refractivity contribution is 5.75. The summed E-state index contributed by atoms with van der Waals surface area (Å²) in [7, 11) is 0. The van der Waals surface area contributed by atoms with Crippen molar-refractivity contribution in [2.24, 2.45) is 5.92 Å². The molecule has 0 spiro atoms. The van der Waals surface area contributed by atoms with Crippen molar-refractivity contribution >= 4 is 5.57 Å². The molecule has 0 nitrogen and oxygen atoms in total. The Morgan fingerprint density at radius 2 is 2.19 bits per heavy atom. The Kier molecular flexibility index (Phi) is 3.61. The van der Waals surface area contributed by atoms with Gasteiger partial charge in [-0.1, -0.05) is 62.8 Å². The molecular weight excluding hydrogens is 192 g/mol. The summed E-state index contributed by atoms with van der Waals surface area (Å²) in [5, 5.41) is 0. The van der Waals surface area contributed by atoms with E-state index in [0.717, 1.165) is 0 Å². The number of benzene rings is 1. The minimum Gasteiger partial charge on any atom is -0.0808 e. The summed E-state index contributed by atoms with van der Waals surface area (Å²) >= 11 is 0. The fourth-order valence-electron chi connectivity index (χ4n) is 2.14. The molecule has 2 rings (SSSR count). The van der Waals surface area contributed by atoms with Crippen LogP contribution in [-0.4, -0.2) is 0 Å². The van der Waals surface area contributed by atoms with Gasteiger partial charge in [-0.05, 0) is 35.5 Å².